The summed E-state index contributed by atoms with van der Waals surface area (Å²) in [4.78, 5) is 44.2. The van der Waals surface area contributed by atoms with Crippen LogP contribution in [0.1, 0.15) is 10.4 Å². The van der Waals surface area contributed by atoms with Crippen molar-refractivity contribution >= 4 is 23.1 Å². The van der Waals surface area contributed by atoms with E-state index in [9.17, 15) is 25.0 Å². The summed E-state index contributed by atoms with van der Waals surface area (Å²) < 4.78 is 5.37. The molecule has 2 N–H and O–H groups in total. The summed E-state index contributed by atoms with van der Waals surface area (Å²) in [6.45, 7) is 0. The van der Waals surface area contributed by atoms with Gasteiger partial charge in [-0.25, -0.2) is 4.98 Å². The highest BCUT2D eigenvalue weighted by Gasteiger charge is 2.25. The average Bonchev–Trinajstić information content (AvgIpc) is 2.72. The summed E-state index contributed by atoms with van der Waals surface area (Å²) in [6.07, 6.45) is 3.86. The Morgan fingerprint density at radius 3 is 2.41 bits per heavy atom. The third-order valence-electron chi connectivity index (χ3n) is 3.45. The number of hydrogen-bond acceptors (Lipinski definition) is 10. The van der Waals surface area contributed by atoms with Gasteiger partial charge in [-0.1, -0.05) is 0 Å². The third-order valence-corrected chi connectivity index (χ3v) is 3.45. The number of benzene rings is 1. The van der Waals surface area contributed by atoms with Gasteiger partial charge >= 0.3 is 11.6 Å². The Hall–Kier alpha value is -4.68. The molecule has 0 bridgehead atoms. The number of rotatable bonds is 7. The molecule has 0 saturated heterocycles. The minimum Gasteiger partial charge on any atom is -0.432 e. The lowest BCUT2D eigenvalue weighted by Gasteiger charge is -2.10. The van der Waals surface area contributed by atoms with E-state index in [4.69, 9.17) is 4.74 Å². The number of anilines is 1. The van der Waals surface area contributed by atoms with Crippen molar-refractivity contribution in [1.82, 2.24) is 20.4 Å². The van der Waals surface area contributed by atoms with Crippen molar-refractivity contribution in [3.63, 3.8) is 0 Å². The quantitative estimate of drug-likeness (QED) is 0.444. The van der Waals surface area contributed by atoms with Crippen molar-refractivity contribution in [3.05, 3.63) is 80.9 Å². The second-order valence-electron chi connectivity index (χ2n) is 5.31. The second kappa shape index (κ2) is 8.34. The van der Waals surface area contributed by atoms with Gasteiger partial charge in [0.05, 0.1) is 16.0 Å². The van der Waals surface area contributed by atoms with Crippen LogP contribution < -0.4 is 15.6 Å². The molecule has 146 valence electrons. The van der Waals surface area contributed by atoms with Crippen molar-refractivity contribution < 1.29 is 19.4 Å². The predicted octanol–water partition coefficient (Wildman–Crippen LogP) is 2.24. The summed E-state index contributed by atoms with van der Waals surface area (Å²) in [5, 5.41) is 22.1. The predicted molar refractivity (Wildman–Crippen MR) is 97.2 cm³/mol. The number of pyridine rings is 1. The molecule has 3 rings (SSSR count). The van der Waals surface area contributed by atoms with Crippen molar-refractivity contribution in [3.8, 4) is 11.6 Å². The van der Waals surface area contributed by atoms with E-state index in [2.05, 4.69) is 25.8 Å². The Morgan fingerprint density at radius 2 is 1.79 bits per heavy atom. The van der Waals surface area contributed by atoms with Crippen molar-refractivity contribution in [1.29, 1.82) is 0 Å². The second-order valence-corrected chi connectivity index (χ2v) is 5.31. The van der Waals surface area contributed by atoms with Crippen molar-refractivity contribution in [2.24, 2.45) is 0 Å². The van der Waals surface area contributed by atoms with Crippen LogP contribution in [0.25, 0.3) is 0 Å². The van der Waals surface area contributed by atoms with Crippen LogP contribution in [0.2, 0.25) is 0 Å². The van der Waals surface area contributed by atoms with E-state index in [1.54, 1.807) is 6.07 Å². The molecule has 1 aromatic carbocycles. The zero-order valence-corrected chi connectivity index (χ0v) is 14.4. The molecule has 0 aliphatic heterocycles. The standard InChI is InChI=1S/C16H11N7O6/c24-15(10-3-5-11(6-4-10)22(25)26)21-20-14-13(23(27)28)16(19-9-18-14)29-12-2-1-7-17-8-12/h1-9H,(H,21,24)(H,18,19,20). The van der Waals surface area contributed by atoms with Gasteiger partial charge in [0.25, 0.3) is 11.6 Å². The molecule has 3 aromatic rings. The molecule has 0 aliphatic carbocycles. The minimum atomic E-state index is -0.772. The number of amides is 1. The van der Waals surface area contributed by atoms with Crippen LogP contribution in [-0.2, 0) is 0 Å². The Morgan fingerprint density at radius 1 is 1.03 bits per heavy atom. The number of hydrogen-bond donors (Lipinski definition) is 2. The van der Waals surface area contributed by atoms with Gasteiger partial charge in [0.2, 0.25) is 5.82 Å². The number of ether oxygens (including phenoxy) is 1. The van der Waals surface area contributed by atoms with Gasteiger partial charge in [0.15, 0.2) is 0 Å². The number of carbonyl (C=O) groups excluding carboxylic acids is 1. The van der Waals surface area contributed by atoms with Crippen LogP contribution in [0.15, 0.2) is 55.1 Å². The molecule has 0 aliphatic rings. The number of aromatic nitrogens is 3. The Labute approximate surface area is 161 Å². The summed E-state index contributed by atoms with van der Waals surface area (Å²) >= 11 is 0. The largest absolute Gasteiger partial charge is 0.432 e. The number of nitrogens with one attached hydrogen (secondary N) is 2. The average molecular weight is 397 g/mol. The van der Waals surface area contributed by atoms with E-state index >= 15 is 0 Å². The first kappa shape index (κ1) is 19.1. The molecule has 13 nitrogen and oxygen atoms in total. The fourth-order valence-electron chi connectivity index (χ4n) is 2.14. The smallest absolute Gasteiger partial charge is 0.374 e. The van der Waals surface area contributed by atoms with E-state index in [-0.39, 0.29) is 28.7 Å². The molecule has 1 amide bonds. The van der Waals surface area contributed by atoms with Crippen LogP contribution in [0.3, 0.4) is 0 Å². The first-order valence-electron chi connectivity index (χ1n) is 7.84. The maximum absolute atomic E-state index is 12.2. The summed E-state index contributed by atoms with van der Waals surface area (Å²) in [6, 6.07) is 7.89. The maximum atomic E-state index is 12.2. The van der Waals surface area contributed by atoms with Crippen LogP contribution in [0.5, 0.6) is 11.6 Å². The molecular formula is C16H11N7O6. The Kier molecular flexibility index (Phi) is 5.49. The summed E-state index contributed by atoms with van der Waals surface area (Å²) in [5.41, 5.74) is 3.86. The molecule has 29 heavy (non-hydrogen) atoms. The lowest BCUT2D eigenvalue weighted by atomic mass is 10.2. The lowest BCUT2D eigenvalue weighted by molar-refractivity contribution is -0.385. The van der Waals surface area contributed by atoms with Gasteiger partial charge in [-0.3, -0.25) is 40.9 Å². The van der Waals surface area contributed by atoms with E-state index in [1.165, 1.54) is 30.6 Å². The van der Waals surface area contributed by atoms with E-state index < -0.39 is 21.4 Å². The van der Waals surface area contributed by atoms with Gasteiger partial charge in [0.1, 0.15) is 12.1 Å². The number of carbonyl (C=O) groups is 1. The monoisotopic (exact) mass is 397 g/mol. The number of hydrazine groups is 1. The third kappa shape index (κ3) is 4.54. The highest BCUT2D eigenvalue weighted by atomic mass is 16.6. The van der Waals surface area contributed by atoms with Gasteiger partial charge in [0, 0.05) is 23.9 Å². The topological polar surface area (TPSA) is 175 Å². The molecule has 0 unspecified atom stereocenters. The van der Waals surface area contributed by atoms with E-state index in [1.807, 2.05) is 0 Å². The molecule has 0 saturated carbocycles. The van der Waals surface area contributed by atoms with Gasteiger partial charge < -0.3 is 4.74 Å². The maximum Gasteiger partial charge on any atom is 0.374 e. The molecule has 0 radical (unpaired) electrons. The highest BCUT2D eigenvalue weighted by molar-refractivity contribution is 5.95. The van der Waals surface area contributed by atoms with Gasteiger partial charge in [-0.05, 0) is 24.3 Å². The summed E-state index contributed by atoms with van der Waals surface area (Å²) in [5.74, 6) is -1.15. The fraction of sp³-hybridized carbons (Fsp3) is 0. The molecule has 0 atom stereocenters. The van der Waals surface area contributed by atoms with Crippen molar-refractivity contribution in [2.45, 2.75) is 0 Å². The number of nitrogens with zero attached hydrogens (tertiary/aromatic N) is 5. The molecule has 0 spiro atoms. The van der Waals surface area contributed by atoms with Crippen LogP contribution in [-0.4, -0.2) is 30.7 Å². The fourth-order valence-corrected chi connectivity index (χ4v) is 2.14. The minimum absolute atomic E-state index is 0.0895. The summed E-state index contributed by atoms with van der Waals surface area (Å²) in [7, 11) is 0. The van der Waals surface area contributed by atoms with Crippen LogP contribution >= 0.6 is 0 Å². The van der Waals surface area contributed by atoms with E-state index in [0.717, 1.165) is 18.5 Å². The van der Waals surface area contributed by atoms with Crippen LogP contribution in [0, 0.1) is 20.2 Å². The van der Waals surface area contributed by atoms with Crippen molar-refractivity contribution in [2.75, 3.05) is 5.43 Å². The molecular weight excluding hydrogens is 386 g/mol. The number of nitro groups is 2. The zero-order chi connectivity index (χ0) is 20.8. The lowest BCUT2D eigenvalue weighted by Crippen LogP contribution is -2.30. The van der Waals surface area contributed by atoms with Crippen LogP contribution in [0.4, 0.5) is 17.2 Å². The highest BCUT2D eigenvalue weighted by Crippen LogP contribution is 2.33. The molecule has 0 fully saturated rings. The SMILES string of the molecule is O=C(NNc1ncnc(Oc2cccnc2)c1[N+](=O)[O-])c1ccc([N+](=O)[O-])cc1. The first-order chi connectivity index (χ1) is 14.0. The normalized spacial score (nSPS) is 10.1. The Bertz CT molecular complexity index is 1060. The van der Waals surface area contributed by atoms with Gasteiger partial charge in [-0.15, -0.1) is 0 Å². The number of non-ortho nitro benzene ring substituents is 1. The molecule has 2 aromatic heterocycles. The zero-order valence-electron chi connectivity index (χ0n) is 14.4. The first-order valence-corrected chi connectivity index (χ1v) is 7.84. The molecule has 13 heteroatoms. The van der Waals surface area contributed by atoms with E-state index in [0.29, 0.717) is 0 Å². The van der Waals surface area contributed by atoms with Gasteiger partial charge in [-0.2, -0.15) is 4.98 Å². The Balaban J connectivity index is 1.78. The number of nitro benzene ring substituents is 1. The molecule has 2 heterocycles.